The maximum absolute atomic E-state index is 2.64. The van der Waals surface area contributed by atoms with Gasteiger partial charge in [0.05, 0.1) is 0 Å². The van der Waals surface area contributed by atoms with Crippen LogP contribution in [0.25, 0.3) is 0 Å². The molecule has 0 saturated carbocycles. The number of nitrogens with zero attached hydrogens (tertiary/aromatic N) is 2. The van der Waals surface area contributed by atoms with Crippen molar-refractivity contribution in [3.05, 3.63) is 12.4 Å². The lowest BCUT2D eigenvalue weighted by Gasteiger charge is -2.35. The van der Waals surface area contributed by atoms with E-state index in [0.717, 1.165) is 0 Å². The molecule has 0 aliphatic carbocycles. The van der Waals surface area contributed by atoms with Crippen molar-refractivity contribution in [1.29, 1.82) is 0 Å². The Morgan fingerprint density at radius 2 is 1.03 bits per heavy atom. The van der Waals surface area contributed by atoms with Crippen LogP contribution < -0.4 is 0 Å². The van der Waals surface area contributed by atoms with E-state index in [9.17, 15) is 0 Å². The summed E-state index contributed by atoms with van der Waals surface area (Å²) in [4.78, 5) is 5.23. The molecule has 2 nitrogen and oxygen atoms in total. The van der Waals surface area contributed by atoms with Crippen molar-refractivity contribution in [2.75, 3.05) is 6.54 Å². The van der Waals surface area contributed by atoms with E-state index in [1.54, 1.807) is 0 Å². The zero-order valence-electron chi connectivity index (χ0n) is 20.6. The van der Waals surface area contributed by atoms with Crippen molar-refractivity contribution in [3.63, 3.8) is 0 Å². The summed E-state index contributed by atoms with van der Waals surface area (Å²) in [6, 6.07) is 0.610. The predicted molar refractivity (Wildman–Crippen MR) is 131 cm³/mol. The van der Waals surface area contributed by atoms with Gasteiger partial charge in [-0.3, -0.25) is 0 Å². The van der Waals surface area contributed by atoms with Gasteiger partial charge in [-0.25, -0.2) is 0 Å². The molecule has 29 heavy (non-hydrogen) atoms. The van der Waals surface area contributed by atoms with Gasteiger partial charge in [0.25, 0.3) is 0 Å². The van der Waals surface area contributed by atoms with Crippen molar-refractivity contribution in [2.45, 2.75) is 155 Å². The third-order valence-corrected chi connectivity index (χ3v) is 6.59. The predicted octanol–water partition coefficient (Wildman–Crippen LogP) is 8.87. The highest BCUT2D eigenvalue weighted by Crippen LogP contribution is 2.24. The topological polar surface area (TPSA) is 6.48 Å². The Kier molecular flexibility index (Phi) is 16.5. The van der Waals surface area contributed by atoms with Crippen molar-refractivity contribution in [2.24, 2.45) is 0 Å². The van der Waals surface area contributed by atoms with Crippen molar-refractivity contribution in [1.82, 2.24) is 9.80 Å². The molecule has 0 saturated heterocycles. The van der Waals surface area contributed by atoms with Crippen LogP contribution in [0.4, 0.5) is 0 Å². The zero-order valence-corrected chi connectivity index (χ0v) is 20.6. The van der Waals surface area contributed by atoms with E-state index in [1.807, 2.05) is 0 Å². The van der Waals surface area contributed by atoms with Crippen molar-refractivity contribution < 1.29 is 0 Å². The molecule has 1 aliphatic heterocycles. The molecule has 0 aromatic rings. The average Bonchev–Trinajstić information content (AvgIpc) is 3.12. The number of unbranched alkanes of at least 4 members (excludes halogenated alkanes) is 15. The minimum absolute atomic E-state index is 0.610. The fourth-order valence-corrected chi connectivity index (χ4v) is 4.65. The van der Waals surface area contributed by atoms with Crippen molar-refractivity contribution in [3.8, 4) is 0 Å². The van der Waals surface area contributed by atoms with Gasteiger partial charge in [-0.2, -0.15) is 0 Å². The van der Waals surface area contributed by atoms with E-state index in [4.69, 9.17) is 0 Å². The molecule has 1 atom stereocenters. The molecule has 1 heterocycles. The van der Waals surface area contributed by atoms with Crippen molar-refractivity contribution >= 4 is 0 Å². The molecule has 1 rings (SSSR count). The zero-order chi connectivity index (χ0) is 21.2. The van der Waals surface area contributed by atoms with Gasteiger partial charge in [0.2, 0.25) is 0 Å². The van der Waals surface area contributed by atoms with E-state index in [1.165, 1.54) is 122 Å². The van der Waals surface area contributed by atoms with Crippen LogP contribution in [-0.2, 0) is 0 Å². The molecule has 1 aliphatic rings. The quantitative estimate of drug-likeness (QED) is 0.186. The fraction of sp³-hybridized carbons (Fsp3) is 0.926. The lowest BCUT2D eigenvalue weighted by atomic mass is 10.0. The maximum atomic E-state index is 2.64. The second-order valence-corrected chi connectivity index (χ2v) is 9.65. The van der Waals surface area contributed by atoms with Crippen LogP contribution in [0, 0.1) is 0 Å². The molecule has 0 N–H and O–H groups in total. The second-order valence-electron chi connectivity index (χ2n) is 9.65. The highest BCUT2D eigenvalue weighted by molar-refractivity contribution is 4.98. The first-order valence-electron chi connectivity index (χ1n) is 13.4. The highest BCUT2D eigenvalue weighted by Gasteiger charge is 2.26. The van der Waals surface area contributed by atoms with Gasteiger partial charge in [-0.15, -0.1) is 0 Å². The van der Waals surface area contributed by atoms with Gasteiger partial charge in [-0.1, -0.05) is 110 Å². The molecule has 2 heteroatoms. The third-order valence-electron chi connectivity index (χ3n) is 6.59. The Morgan fingerprint density at radius 3 is 1.52 bits per heavy atom. The summed E-state index contributed by atoms with van der Waals surface area (Å²) in [5.74, 6) is 0. The van der Waals surface area contributed by atoms with Gasteiger partial charge in [0.1, 0.15) is 6.17 Å². The fourth-order valence-electron chi connectivity index (χ4n) is 4.65. The lowest BCUT2D eigenvalue weighted by molar-refractivity contribution is 0.114. The Bertz CT molecular complexity index is 377. The third kappa shape index (κ3) is 12.6. The smallest absolute Gasteiger partial charge is 0.101 e. The SMILES string of the molecule is CCCCCCCCCCCCCC1N(CCCCCCCC)C=CN1C(C)C. The first-order chi connectivity index (χ1) is 14.2. The molecule has 0 fully saturated rings. The van der Waals surface area contributed by atoms with Gasteiger partial charge < -0.3 is 9.80 Å². The molecule has 0 aromatic heterocycles. The van der Waals surface area contributed by atoms with Crippen LogP contribution >= 0.6 is 0 Å². The van der Waals surface area contributed by atoms with E-state index in [2.05, 4.69) is 49.9 Å². The van der Waals surface area contributed by atoms with Crippen LogP contribution in [0.5, 0.6) is 0 Å². The van der Waals surface area contributed by atoms with Crippen LogP contribution in [-0.4, -0.2) is 28.6 Å². The van der Waals surface area contributed by atoms with E-state index < -0.39 is 0 Å². The molecule has 0 spiro atoms. The Hall–Kier alpha value is -0.660. The second kappa shape index (κ2) is 18.1. The summed E-state index contributed by atoms with van der Waals surface area (Å²) in [5.41, 5.74) is 0. The monoisotopic (exact) mass is 406 g/mol. The molecular weight excluding hydrogens is 352 g/mol. The molecule has 1 unspecified atom stereocenters. The first kappa shape index (κ1) is 26.4. The summed E-state index contributed by atoms with van der Waals surface area (Å²) in [6.07, 6.45) is 30.8. The minimum Gasteiger partial charge on any atom is -0.356 e. The maximum Gasteiger partial charge on any atom is 0.101 e. The molecule has 0 aromatic carbocycles. The van der Waals surface area contributed by atoms with Crippen LogP contribution in [0.3, 0.4) is 0 Å². The largest absolute Gasteiger partial charge is 0.356 e. The first-order valence-corrected chi connectivity index (χ1v) is 13.4. The molecular formula is C27H54N2. The summed E-state index contributed by atoms with van der Waals surface area (Å²) >= 11 is 0. The van der Waals surface area contributed by atoms with Crippen LogP contribution in [0.1, 0.15) is 143 Å². The van der Waals surface area contributed by atoms with Gasteiger partial charge >= 0.3 is 0 Å². The number of rotatable bonds is 20. The average molecular weight is 407 g/mol. The molecule has 172 valence electrons. The number of hydrogen-bond donors (Lipinski definition) is 0. The van der Waals surface area contributed by atoms with Crippen LogP contribution in [0.2, 0.25) is 0 Å². The minimum atomic E-state index is 0.610. The molecule has 0 bridgehead atoms. The molecule has 0 radical (unpaired) electrons. The highest BCUT2D eigenvalue weighted by atomic mass is 15.4. The van der Waals surface area contributed by atoms with E-state index >= 15 is 0 Å². The lowest BCUT2D eigenvalue weighted by Crippen LogP contribution is -2.42. The Balaban J connectivity index is 2.12. The van der Waals surface area contributed by atoms with Gasteiger partial charge in [-0.05, 0) is 33.1 Å². The normalized spacial score (nSPS) is 16.5. The number of hydrogen-bond acceptors (Lipinski definition) is 2. The summed E-state index contributed by atoms with van der Waals surface area (Å²) in [5, 5.41) is 0. The van der Waals surface area contributed by atoms with E-state index in [0.29, 0.717) is 12.2 Å². The summed E-state index contributed by atoms with van der Waals surface area (Å²) in [6.45, 7) is 10.5. The van der Waals surface area contributed by atoms with Crippen LogP contribution in [0.15, 0.2) is 12.4 Å². The Labute approximate surface area is 184 Å². The standard InChI is InChI=1S/C27H54N2/c1-5-7-9-11-13-14-15-16-17-18-20-22-27-28(24-25-29(27)26(3)4)23-21-19-12-10-8-6-2/h24-27H,5-23H2,1-4H3. The van der Waals surface area contributed by atoms with Gasteiger partial charge in [0, 0.05) is 25.0 Å². The van der Waals surface area contributed by atoms with E-state index in [-0.39, 0.29) is 0 Å². The van der Waals surface area contributed by atoms with Gasteiger partial charge in [0.15, 0.2) is 0 Å². The Morgan fingerprint density at radius 1 is 0.586 bits per heavy atom. The summed E-state index contributed by atoms with van der Waals surface area (Å²) < 4.78 is 0. The molecule has 0 amide bonds. The summed E-state index contributed by atoms with van der Waals surface area (Å²) in [7, 11) is 0.